The summed E-state index contributed by atoms with van der Waals surface area (Å²) in [5.74, 6) is -0.514. The van der Waals surface area contributed by atoms with Gasteiger partial charge in [0.1, 0.15) is 0 Å². The minimum atomic E-state index is -0.514. The summed E-state index contributed by atoms with van der Waals surface area (Å²) in [6.45, 7) is 4.36. The highest BCUT2D eigenvalue weighted by atomic mass is 35.5. The third-order valence-corrected chi connectivity index (χ3v) is 5.28. The number of methoxy groups -OCH3 is 1. The summed E-state index contributed by atoms with van der Waals surface area (Å²) in [4.78, 5) is 16.6. The second-order valence-electron chi connectivity index (χ2n) is 6.09. The highest BCUT2D eigenvalue weighted by molar-refractivity contribution is 6.39. The Morgan fingerprint density at radius 3 is 2.46 bits per heavy atom. The molecule has 0 aromatic heterocycles. The van der Waals surface area contributed by atoms with Crippen LogP contribution in [0.25, 0.3) is 0 Å². The molecule has 1 aromatic carbocycles. The molecular weight excluding hydrogens is 351 g/mol. The van der Waals surface area contributed by atoms with E-state index in [0.717, 1.165) is 51.4 Å². The zero-order chi connectivity index (χ0) is 17.1. The molecule has 2 saturated heterocycles. The van der Waals surface area contributed by atoms with Crippen LogP contribution in [0.2, 0.25) is 10.0 Å². The summed E-state index contributed by atoms with van der Waals surface area (Å²) in [5, 5.41) is 0.659. The van der Waals surface area contributed by atoms with Crippen LogP contribution in [0.5, 0.6) is 0 Å². The smallest absolute Gasteiger partial charge is 0.340 e. The Bertz CT molecular complexity index is 582. The van der Waals surface area contributed by atoms with Gasteiger partial charge < -0.3 is 14.4 Å². The van der Waals surface area contributed by atoms with Crippen LogP contribution >= 0.6 is 23.2 Å². The molecule has 24 heavy (non-hydrogen) atoms. The fraction of sp³-hybridized carbons (Fsp3) is 0.588. The van der Waals surface area contributed by atoms with E-state index in [9.17, 15) is 4.79 Å². The summed E-state index contributed by atoms with van der Waals surface area (Å²) >= 11 is 12.6. The molecule has 3 rings (SSSR count). The number of ether oxygens (including phenoxy) is 2. The van der Waals surface area contributed by atoms with Crippen molar-refractivity contribution in [1.82, 2.24) is 4.90 Å². The predicted molar refractivity (Wildman–Crippen MR) is 95.2 cm³/mol. The lowest BCUT2D eigenvalue weighted by Gasteiger charge is -2.45. The lowest BCUT2D eigenvalue weighted by molar-refractivity contribution is 0.0107. The van der Waals surface area contributed by atoms with Gasteiger partial charge in [-0.3, -0.25) is 4.90 Å². The van der Waals surface area contributed by atoms with Crippen molar-refractivity contribution in [3.63, 3.8) is 0 Å². The van der Waals surface area contributed by atoms with Crippen molar-refractivity contribution in [2.45, 2.75) is 25.4 Å². The first-order valence-corrected chi connectivity index (χ1v) is 9.03. The largest absolute Gasteiger partial charge is 0.465 e. The first-order valence-electron chi connectivity index (χ1n) is 8.27. The van der Waals surface area contributed by atoms with E-state index in [2.05, 4.69) is 9.80 Å². The second kappa shape index (κ2) is 7.91. The monoisotopic (exact) mass is 372 g/mol. The third kappa shape index (κ3) is 3.64. The summed E-state index contributed by atoms with van der Waals surface area (Å²) < 4.78 is 10.2. The lowest BCUT2D eigenvalue weighted by atomic mass is 10.0. The van der Waals surface area contributed by atoms with Crippen LogP contribution in [0.1, 0.15) is 29.6 Å². The molecule has 0 spiro atoms. The van der Waals surface area contributed by atoms with E-state index in [-0.39, 0.29) is 5.56 Å². The van der Waals surface area contributed by atoms with Crippen molar-refractivity contribution in [3.05, 3.63) is 27.7 Å². The minimum absolute atomic E-state index is 0.226. The van der Waals surface area contributed by atoms with Crippen molar-refractivity contribution in [2.75, 3.05) is 44.9 Å². The Balaban J connectivity index is 1.89. The molecule has 132 valence electrons. The van der Waals surface area contributed by atoms with Gasteiger partial charge in [0.25, 0.3) is 0 Å². The number of benzene rings is 1. The van der Waals surface area contributed by atoms with Crippen LogP contribution in [0.4, 0.5) is 5.69 Å². The number of hydrogen-bond acceptors (Lipinski definition) is 5. The molecule has 0 radical (unpaired) electrons. The molecule has 0 aliphatic carbocycles. The number of carbonyl (C=O) groups excluding carboxylic acids is 1. The van der Waals surface area contributed by atoms with Gasteiger partial charge in [0, 0.05) is 25.3 Å². The maximum absolute atomic E-state index is 11.8. The van der Waals surface area contributed by atoms with E-state index in [1.807, 2.05) is 12.1 Å². The Hall–Kier alpha value is -1.01. The van der Waals surface area contributed by atoms with E-state index < -0.39 is 5.97 Å². The molecule has 1 unspecified atom stereocenters. The van der Waals surface area contributed by atoms with Gasteiger partial charge in [-0.25, -0.2) is 4.79 Å². The van der Waals surface area contributed by atoms with Gasteiger partial charge >= 0.3 is 5.97 Å². The van der Waals surface area contributed by atoms with Gasteiger partial charge in [-0.15, -0.1) is 0 Å². The van der Waals surface area contributed by atoms with Gasteiger partial charge in [0.15, 0.2) is 0 Å². The third-order valence-electron chi connectivity index (χ3n) is 4.69. The summed E-state index contributed by atoms with van der Waals surface area (Å²) in [6.07, 6.45) is 3.77. The minimum Gasteiger partial charge on any atom is -0.465 e. The molecule has 2 fully saturated rings. The number of piperidine rings is 1. The molecule has 0 bridgehead atoms. The van der Waals surface area contributed by atoms with Crippen LogP contribution in [-0.4, -0.2) is 57.0 Å². The van der Waals surface area contributed by atoms with Crippen molar-refractivity contribution in [2.24, 2.45) is 0 Å². The fourth-order valence-electron chi connectivity index (χ4n) is 3.49. The van der Waals surface area contributed by atoms with Crippen molar-refractivity contribution >= 4 is 34.9 Å². The second-order valence-corrected chi connectivity index (χ2v) is 6.91. The van der Waals surface area contributed by atoms with E-state index in [1.54, 1.807) is 0 Å². The topological polar surface area (TPSA) is 42.0 Å². The van der Waals surface area contributed by atoms with Gasteiger partial charge in [-0.05, 0) is 31.4 Å². The van der Waals surface area contributed by atoms with Crippen LogP contribution < -0.4 is 4.90 Å². The molecule has 5 nitrogen and oxygen atoms in total. The molecule has 0 saturated carbocycles. The number of hydrogen-bond donors (Lipinski definition) is 0. The highest BCUT2D eigenvalue weighted by Crippen LogP contribution is 2.35. The zero-order valence-electron chi connectivity index (χ0n) is 13.8. The Morgan fingerprint density at radius 1 is 1.17 bits per heavy atom. The fourth-order valence-corrected chi connectivity index (χ4v) is 4.12. The van der Waals surface area contributed by atoms with Gasteiger partial charge in [-0.2, -0.15) is 0 Å². The molecule has 7 heteroatoms. The maximum atomic E-state index is 11.8. The Kier molecular flexibility index (Phi) is 5.87. The van der Waals surface area contributed by atoms with Crippen molar-refractivity contribution in [1.29, 1.82) is 0 Å². The number of carbonyl (C=O) groups is 1. The molecule has 2 aliphatic heterocycles. The number of anilines is 1. The molecular formula is C17H22Cl2N2O3. The maximum Gasteiger partial charge on any atom is 0.340 e. The van der Waals surface area contributed by atoms with E-state index in [1.165, 1.54) is 13.5 Å². The van der Waals surface area contributed by atoms with Crippen LogP contribution in [0, 0.1) is 0 Å². The summed E-state index contributed by atoms with van der Waals surface area (Å²) in [6, 6.07) is 3.64. The van der Waals surface area contributed by atoms with E-state index in [0.29, 0.717) is 16.2 Å². The zero-order valence-corrected chi connectivity index (χ0v) is 15.3. The van der Waals surface area contributed by atoms with E-state index >= 15 is 0 Å². The molecule has 0 amide bonds. The lowest BCUT2D eigenvalue weighted by Crippen LogP contribution is -2.54. The number of rotatable bonds is 3. The predicted octanol–water partition coefficient (Wildman–Crippen LogP) is 3.43. The molecule has 1 aromatic rings. The Morgan fingerprint density at radius 2 is 1.83 bits per heavy atom. The highest BCUT2D eigenvalue weighted by Gasteiger charge is 2.30. The quantitative estimate of drug-likeness (QED) is 0.760. The number of morpholine rings is 1. The number of halogens is 2. The van der Waals surface area contributed by atoms with Crippen molar-refractivity contribution in [3.8, 4) is 0 Å². The normalized spacial score (nSPS) is 22.5. The first-order chi connectivity index (χ1) is 11.6. The molecule has 0 N–H and O–H groups in total. The number of esters is 1. The van der Waals surface area contributed by atoms with Gasteiger partial charge in [0.2, 0.25) is 0 Å². The van der Waals surface area contributed by atoms with Crippen LogP contribution in [-0.2, 0) is 9.47 Å². The van der Waals surface area contributed by atoms with Gasteiger partial charge in [-0.1, -0.05) is 23.2 Å². The number of nitrogens with zero attached hydrogens (tertiary/aromatic N) is 2. The summed E-state index contributed by atoms with van der Waals surface area (Å²) in [5.41, 5.74) is 1.18. The molecule has 2 heterocycles. The molecule has 2 aliphatic rings. The molecule has 1 atom stereocenters. The standard InChI is InChI=1S/C17H22Cl2N2O3/c1-23-17(22)16-13(18)10-12(11-14(16)19)21-5-3-2-4-15(21)20-6-8-24-9-7-20/h10-11,15H,2-9H2,1H3. The SMILES string of the molecule is COC(=O)c1c(Cl)cc(N2CCCCC2N2CCOCC2)cc1Cl. The first kappa shape index (κ1) is 17.8. The summed E-state index contributed by atoms with van der Waals surface area (Å²) in [7, 11) is 1.32. The van der Waals surface area contributed by atoms with Crippen molar-refractivity contribution < 1.29 is 14.3 Å². The van der Waals surface area contributed by atoms with Crippen LogP contribution in [0.3, 0.4) is 0 Å². The van der Waals surface area contributed by atoms with Crippen LogP contribution in [0.15, 0.2) is 12.1 Å². The van der Waals surface area contributed by atoms with E-state index in [4.69, 9.17) is 32.7 Å². The Labute approximate surface area is 152 Å². The average Bonchev–Trinajstić information content (AvgIpc) is 2.61. The van der Waals surface area contributed by atoms with Gasteiger partial charge in [0.05, 0.1) is 42.1 Å². The average molecular weight is 373 g/mol.